The summed E-state index contributed by atoms with van der Waals surface area (Å²) in [6, 6.07) is 7.47. The Morgan fingerprint density at radius 2 is 2.10 bits per heavy atom. The van der Waals surface area contributed by atoms with Crippen LogP contribution in [0.1, 0.15) is 11.3 Å². The molecule has 0 radical (unpaired) electrons. The van der Waals surface area contributed by atoms with Crippen LogP contribution in [0.2, 0.25) is 10.0 Å². The molecule has 0 bridgehead atoms. The van der Waals surface area contributed by atoms with E-state index in [1.807, 2.05) is 25.1 Å². The Morgan fingerprint density at radius 3 is 2.90 bits per heavy atom. The van der Waals surface area contributed by atoms with Gasteiger partial charge < -0.3 is 5.32 Å². The second-order valence-electron chi connectivity index (χ2n) is 4.67. The maximum Gasteiger partial charge on any atom is 0.254 e. The van der Waals surface area contributed by atoms with E-state index in [1.165, 1.54) is 6.33 Å². The molecule has 1 aromatic carbocycles. The Morgan fingerprint density at radius 1 is 1.24 bits per heavy atom. The van der Waals surface area contributed by atoms with Crippen molar-refractivity contribution in [1.82, 2.24) is 19.6 Å². The molecule has 0 saturated carbocycles. The topological polar surface area (TPSA) is 55.1 Å². The van der Waals surface area contributed by atoms with E-state index in [0.29, 0.717) is 15.8 Å². The quantitative estimate of drug-likeness (QED) is 0.800. The molecule has 2 heterocycles. The molecular formula is C14H13Cl2N5. The predicted octanol–water partition coefficient (Wildman–Crippen LogP) is 3.39. The lowest BCUT2D eigenvalue weighted by Crippen LogP contribution is -2.10. The molecule has 3 rings (SSSR count). The normalized spacial score (nSPS) is 11.0. The molecule has 0 spiro atoms. The lowest BCUT2D eigenvalue weighted by molar-refractivity contribution is 0.906. The van der Waals surface area contributed by atoms with Crippen molar-refractivity contribution >= 4 is 34.8 Å². The Kier molecular flexibility index (Phi) is 3.94. The van der Waals surface area contributed by atoms with Crippen LogP contribution in [-0.2, 0) is 6.42 Å². The molecular weight excluding hydrogens is 309 g/mol. The van der Waals surface area contributed by atoms with Crippen LogP contribution in [0.25, 0.3) is 5.78 Å². The molecule has 0 amide bonds. The summed E-state index contributed by atoms with van der Waals surface area (Å²) in [5.41, 5.74) is 1.94. The van der Waals surface area contributed by atoms with Crippen LogP contribution in [-0.4, -0.2) is 26.1 Å². The summed E-state index contributed by atoms with van der Waals surface area (Å²) in [4.78, 5) is 8.40. The Labute approximate surface area is 131 Å². The highest BCUT2D eigenvalue weighted by atomic mass is 35.5. The lowest BCUT2D eigenvalue weighted by atomic mass is 10.1. The molecule has 21 heavy (non-hydrogen) atoms. The second-order valence-corrected chi connectivity index (χ2v) is 5.51. The third kappa shape index (κ3) is 3.09. The zero-order valence-corrected chi connectivity index (χ0v) is 12.9. The van der Waals surface area contributed by atoms with Crippen molar-refractivity contribution in [3.8, 4) is 0 Å². The van der Waals surface area contributed by atoms with Crippen molar-refractivity contribution in [3.63, 3.8) is 0 Å². The third-order valence-electron chi connectivity index (χ3n) is 3.10. The van der Waals surface area contributed by atoms with Gasteiger partial charge in [0.1, 0.15) is 12.1 Å². The van der Waals surface area contributed by atoms with Crippen molar-refractivity contribution in [2.24, 2.45) is 0 Å². The zero-order valence-electron chi connectivity index (χ0n) is 11.3. The van der Waals surface area contributed by atoms with Gasteiger partial charge in [-0.25, -0.2) is 4.98 Å². The fraction of sp³-hybridized carbons (Fsp3) is 0.214. The predicted molar refractivity (Wildman–Crippen MR) is 84.2 cm³/mol. The largest absolute Gasteiger partial charge is 0.370 e. The Balaban J connectivity index is 1.73. The molecule has 2 aromatic heterocycles. The molecule has 7 heteroatoms. The minimum Gasteiger partial charge on any atom is -0.370 e. The number of hydrogen-bond donors (Lipinski definition) is 1. The minimum atomic E-state index is 0.585. The first kappa shape index (κ1) is 14.1. The van der Waals surface area contributed by atoms with Gasteiger partial charge >= 0.3 is 0 Å². The molecule has 108 valence electrons. The number of nitrogens with one attached hydrogen (secondary N) is 1. The molecule has 0 unspecified atom stereocenters. The summed E-state index contributed by atoms with van der Waals surface area (Å²) in [5, 5.41) is 8.81. The molecule has 0 saturated heterocycles. The summed E-state index contributed by atoms with van der Waals surface area (Å²) in [6.45, 7) is 2.65. The minimum absolute atomic E-state index is 0.585. The number of halogens is 2. The monoisotopic (exact) mass is 321 g/mol. The molecule has 0 fully saturated rings. The van der Waals surface area contributed by atoms with Crippen molar-refractivity contribution in [1.29, 1.82) is 0 Å². The van der Waals surface area contributed by atoms with Gasteiger partial charge in [0.2, 0.25) is 0 Å². The van der Waals surface area contributed by atoms with Crippen LogP contribution in [0.5, 0.6) is 0 Å². The smallest absolute Gasteiger partial charge is 0.254 e. The van der Waals surface area contributed by atoms with Crippen molar-refractivity contribution in [2.75, 3.05) is 11.9 Å². The number of hydrogen-bond acceptors (Lipinski definition) is 4. The number of rotatable bonds is 4. The van der Waals surface area contributed by atoms with Gasteiger partial charge in [-0.05, 0) is 31.0 Å². The fourth-order valence-corrected chi connectivity index (χ4v) is 2.61. The van der Waals surface area contributed by atoms with Gasteiger partial charge in [-0.3, -0.25) is 0 Å². The van der Waals surface area contributed by atoms with Gasteiger partial charge in [0.05, 0.1) is 0 Å². The highest BCUT2D eigenvalue weighted by molar-refractivity contribution is 6.35. The SMILES string of the molecule is Cc1cc(NCCc2ccc(Cl)cc2Cl)n2ncnc2n1. The number of anilines is 1. The van der Waals surface area contributed by atoms with Crippen LogP contribution >= 0.6 is 23.2 Å². The van der Waals surface area contributed by atoms with E-state index in [0.717, 1.165) is 30.0 Å². The van der Waals surface area contributed by atoms with Gasteiger partial charge in [-0.2, -0.15) is 14.6 Å². The summed E-state index contributed by atoms with van der Waals surface area (Å²) >= 11 is 12.1. The first-order chi connectivity index (χ1) is 10.1. The van der Waals surface area contributed by atoms with Gasteiger partial charge in [0.15, 0.2) is 0 Å². The third-order valence-corrected chi connectivity index (χ3v) is 3.68. The van der Waals surface area contributed by atoms with E-state index in [4.69, 9.17) is 23.2 Å². The first-order valence-electron chi connectivity index (χ1n) is 6.48. The molecule has 0 atom stereocenters. The maximum atomic E-state index is 6.16. The van der Waals surface area contributed by atoms with Crippen molar-refractivity contribution in [2.45, 2.75) is 13.3 Å². The van der Waals surface area contributed by atoms with Gasteiger partial charge in [-0.15, -0.1) is 0 Å². The molecule has 0 aliphatic rings. The van der Waals surface area contributed by atoms with Crippen molar-refractivity contribution in [3.05, 3.63) is 51.9 Å². The Hall–Kier alpha value is -1.85. The number of aryl methyl sites for hydroxylation is 1. The first-order valence-corrected chi connectivity index (χ1v) is 7.24. The van der Waals surface area contributed by atoms with Gasteiger partial charge in [0, 0.05) is 28.4 Å². The average molecular weight is 322 g/mol. The summed E-state index contributed by atoms with van der Waals surface area (Å²) < 4.78 is 1.68. The summed E-state index contributed by atoms with van der Waals surface area (Å²) in [6.07, 6.45) is 2.27. The van der Waals surface area contributed by atoms with E-state index < -0.39 is 0 Å². The van der Waals surface area contributed by atoms with Crippen LogP contribution in [0.4, 0.5) is 5.82 Å². The maximum absolute atomic E-state index is 6.16. The fourth-order valence-electron chi connectivity index (χ4n) is 2.11. The summed E-state index contributed by atoms with van der Waals surface area (Å²) in [5.74, 6) is 1.45. The van der Waals surface area contributed by atoms with E-state index in [-0.39, 0.29) is 0 Å². The number of aromatic nitrogens is 4. The average Bonchev–Trinajstić information content (AvgIpc) is 2.89. The van der Waals surface area contributed by atoms with E-state index in [2.05, 4.69) is 20.4 Å². The molecule has 0 aliphatic heterocycles. The highest BCUT2D eigenvalue weighted by Gasteiger charge is 2.06. The Bertz CT molecular complexity index is 784. The number of benzene rings is 1. The van der Waals surface area contributed by atoms with Crippen LogP contribution in [0.15, 0.2) is 30.6 Å². The van der Waals surface area contributed by atoms with E-state index in [1.54, 1.807) is 10.6 Å². The molecule has 1 N–H and O–H groups in total. The van der Waals surface area contributed by atoms with E-state index >= 15 is 0 Å². The van der Waals surface area contributed by atoms with Gasteiger partial charge in [0.25, 0.3) is 5.78 Å². The molecule has 3 aromatic rings. The van der Waals surface area contributed by atoms with Gasteiger partial charge in [-0.1, -0.05) is 29.3 Å². The number of nitrogens with zero attached hydrogens (tertiary/aromatic N) is 4. The molecule has 5 nitrogen and oxygen atoms in total. The highest BCUT2D eigenvalue weighted by Crippen LogP contribution is 2.21. The summed E-state index contributed by atoms with van der Waals surface area (Å²) in [7, 11) is 0. The lowest BCUT2D eigenvalue weighted by Gasteiger charge is -2.09. The zero-order chi connectivity index (χ0) is 14.8. The second kappa shape index (κ2) is 5.87. The van der Waals surface area contributed by atoms with Crippen LogP contribution < -0.4 is 5.32 Å². The van der Waals surface area contributed by atoms with Crippen molar-refractivity contribution < 1.29 is 0 Å². The van der Waals surface area contributed by atoms with E-state index in [9.17, 15) is 0 Å². The standard InChI is InChI=1S/C14H13Cl2N5/c1-9-6-13(21-14(20-9)18-8-19-21)17-5-4-10-2-3-11(15)7-12(10)16/h2-3,6-8,17H,4-5H2,1H3. The van der Waals surface area contributed by atoms with Crippen LogP contribution in [0, 0.1) is 6.92 Å². The van der Waals surface area contributed by atoms with Crippen LogP contribution in [0.3, 0.4) is 0 Å². The number of fused-ring (bicyclic) bond motifs is 1. The molecule has 0 aliphatic carbocycles.